The Labute approximate surface area is 189 Å². The van der Waals surface area contributed by atoms with Gasteiger partial charge in [-0.1, -0.05) is 55.8 Å². The van der Waals surface area contributed by atoms with Crippen molar-refractivity contribution in [2.24, 2.45) is 10.9 Å². The normalized spacial score (nSPS) is 12.6. The molecule has 0 saturated carbocycles. The van der Waals surface area contributed by atoms with Crippen molar-refractivity contribution >= 4 is 35.5 Å². The Morgan fingerprint density at radius 3 is 2.42 bits per heavy atom. The Morgan fingerprint density at radius 1 is 1.13 bits per heavy atom. The summed E-state index contributed by atoms with van der Waals surface area (Å²) in [7, 11) is 0. The topological polar surface area (TPSA) is 79.8 Å². The summed E-state index contributed by atoms with van der Waals surface area (Å²) in [6.07, 6.45) is 1.08. The van der Waals surface area contributed by atoms with Crippen molar-refractivity contribution in [1.29, 1.82) is 0 Å². The first-order valence-corrected chi connectivity index (χ1v) is 10.6. The van der Waals surface area contributed by atoms with Crippen molar-refractivity contribution in [3.8, 4) is 0 Å². The van der Waals surface area contributed by atoms with Crippen molar-refractivity contribution in [3.05, 3.63) is 64.7 Å². The summed E-state index contributed by atoms with van der Waals surface area (Å²) in [4.78, 5) is 29.4. The molecule has 0 aliphatic rings. The number of nitrogens with zero attached hydrogens (tertiary/aromatic N) is 1. The molecule has 166 valence electrons. The van der Waals surface area contributed by atoms with E-state index in [1.54, 1.807) is 45.2 Å². The third-order valence-electron chi connectivity index (χ3n) is 4.28. The van der Waals surface area contributed by atoms with E-state index in [4.69, 9.17) is 16.3 Å². The van der Waals surface area contributed by atoms with Gasteiger partial charge in [0.1, 0.15) is 5.60 Å². The van der Waals surface area contributed by atoms with E-state index < -0.39 is 11.7 Å². The van der Waals surface area contributed by atoms with Gasteiger partial charge < -0.3 is 15.4 Å². The van der Waals surface area contributed by atoms with E-state index in [0.717, 1.165) is 5.56 Å². The zero-order valence-corrected chi connectivity index (χ0v) is 19.4. The number of rotatable bonds is 7. The molecule has 0 unspecified atom stereocenters. The number of halogens is 1. The maximum absolute atomic E-state index is 12.7. The standard InChI is InChI=1S/C24H30ClN3O3/c1-16(2)21(28-23(30)31-24(3,4)5)15-26-20-13-18(25)11-12-19(20)22(29)27-14-17-9-7-6-8-10-17/h6-13,15-16,21H,14H2,1-5H3,(H,27,29)(H,28,30)/t21-/m1/s1. The van der Waals surface area contributed by atoms with E-state index in [2.05, 4.69) is 15.6 Å². The number of hydrogen-bond acceptors (Lipinski definition) is 4. The molecule has 0 fully saturated rings. The highest BCUT2D eigenvalue weighted by Crippen LogP contribution is 2.24. The van der Waals surface area contributed by atoms with Gasteiger partial charge in [0.2, 0.25) is 0 Å². The summed E-state index contributed by atoms with van der Waals surface area (Å²) in [6.45, 7) is 9.73. The van der Waals surface area contributed by atoms with Crippen LogP contribution in [0.2, 0.25) is 5.02 Å². The van der Waals surface area contributed by atoms with E-state index in [1.165, 1.54) is 0 Å². The van der Waals surface area contributed by atoms with Gasteiger partial charge in [0.25, 0.3) is 5.91 Å². The first-order chi connectivity index (χ1) is 14.5. The highest BCUT2D eigenvalue weighted by Gasteiger charge is 2.20. The molecule has 6 nitrogen and oxygen atoms in total. The van der Waals surface area contributed by atoms with E-state index in [-0.39, 0.29) is 17.9 Å². The maximum atomic E-state index is 12.7. The summed E-state index contributed by atoms with van der Waals surface area (Å²) in [5, 5.41) is 6.17. The fraction of sp³-hybridized carbons (Fsp3) is 0.375. The fourth-order valence-corrected chi connectivity index (χ4v) is 2.82. The zero-order chi connectivity index (χ0) is 23.0. The van der Waals surface area contributed by atoms with E-state index >= 15 is 0 Å². The molecule has 0 radical (unpaired) electrons. The number of ether oxygens (including phenoxy) is 1. The fourth-order valence-electron chi connectivity index (χ4n) is 2.66. The van der Waals surface area contributed by atoms with Crippen LogP contribution in [0.1, 0.15) is 50.5 Å². The number of carbonyl (C=O) groups is 2. The Balaban J connectivity index is 2.16. The predicted octanol–water partition coefficient (Wildman–Crippen LogP) is 5.52. The van der Waals surface area contributed by atoms with E-state index in [1.807, 2.05) is 44.2 Å². The van der Waals surface area contributed by atoms with Crippen molar-refractivity contribution in [2.45, 2.75) is 52.8 Å². The highest BCUT2D eigenvalue weighted by molar-refractivity contribution is 6.31. The number of amides is 2. The molecule has 2 N–H and O–H groups in total. The van der Waals surface area contributed by atoms with E-state index in [0.29, 0.717) is 22.8 Å². The minimum Gasteiger partial charge on any atom is -0.444 e. The third kappa shape index (κ3) is 8.42. The SMILES string of the molecule is CC(C)[C@@H](C=Nc1cc(Cl)ccc1C(=O)NCc1ccccc1)NC(=O)OC(C)(C)C. The second-order valence-electron chi connectivity index (χ2n) is 8.52. The van der Waals surface area contributed by atoms with Gasteiger partial charge in [0, 0.05) is 17.8 Å². The Hall–Kier alpha value is -2.86. The Kier molecular flexibility index (Phi) is 8.63. The molecule has 0 saturated heterocycles. The number of aliphatic imine (C=N–C) groups is 1. The lowest BCUT2D eigenvalue weighted by Crippen LogP contribution is -2.42. The van der Waals surface area contributed by atoms with Gasteiger partial charge in [0.15, 0.2) is 0 Å². The third-order valence-corrected chi connectivity index (χ3v) is 4.51. The molecule has 0 aliphatic heterocycles. The van der Waals surface area contributed by atoms with Crippen LogP contribution < -0.4 is 10.6 Å². The number of alkyl carbamates (subject to hydrolysis) is 1. The van der Waals surface area contributed by atoms with Gasteiger partial charge in [-0.15, -0.1) is 0 Å². The lowest BCUT2D eigenvalue weighted by molar-refractivity contribution is 0.0509. The van der Waals surface area contributed by atoms with Crippen LogP contribution in [-0.2, 0) is 11.3 Å². The summed E-state index contributed by atoms with van der Waals surface area (Å²) < 4.78 is 5.33. The van der Waals surface area contributed by atoms with Gasteiger partial charge in [-0.2, -0.15) is 0 Å². The average molecular weight is 444 g/mol. The summed E-state index contributed by atoms with van der Waals surface area (Å²) in [5.41, 5.74) is 1.22. The van der Waals surface area contributed by atoms with Crippen LogP contribution in [0.15, 0.2) is 53.5 Å². The lowest BCUT2D eigenvalue weighted by atomic mass is 10.1. The second-order valence-corrected chi connectivity index (χ2v) is 8.96. The minimum absolute atomic E-state index is 0.0609. The number of nitrogens with one attached hydrogen (secondary N) is 2. The van der Waals surface area contributed by atoms with Gasteiger partial charge in [-0.3, -0.25) is 9.79 Å². The molecular weight excluding hydrogens is 414 g/mol. The molecule has 0 aliphatic carbocycles. The molecular formula is C24H30ClN3O3. The molecule has 0 bridgehead atoms. The van der Waals surface area contributed by atoms with Crippen LogP contribution in [0.4, 0.5) is 10.5 Å². The number of hydrogen-bond donors (Lipinski definition) is 2. The van der Waals surface area contributed by atoms with Gasteiger partial charge >= 0.3 is 6.09 Å². The van der Waals surface area contributed by atoms with Gasteiger partial charge in [-0.05, 0) is 50.5 Å². The van der Waals surface area contributed by atoms with Crippen LogP contribution >= 0.6 is 11.6 Å². The van der Waals surface area contributed by atoms with Crippen LogP contribution in [0, 0.1) is 5.92 Å². The molecule has 31 heavy (non-hydrogen) atoms. The smallest absolute Gasteiger partial charge is 0.408 e. The zero-order valence-electron chi connectivity index (χ0n) is 18.6. The Morgan fingerprint density at radius 2 is 1.81 bits per heavy atom. The molecule has 0 heterocycles. The quantitative estimate of drug-likeness (QED) is 0.553. The largest absolute Gasteiger partial charge is 0.444 e. The van der Waals surface area contributed by atoms with Crippen molar-refractivity contribution in [2.75, 3.05) is 0 Å². The number of carbonyl (C=O) groups excluding carboxylic acids is 2. The summed E-state index contributed by atoms with van der Waals surface area (Å²) >= 11 is 6.13. The first kappa shape index (κ1) is 24.4. The molecule has 2 amide bonds. The molecule has 2 aromatic carbocycles. The molecule has 0 spiro atoms. The monoisotopic (exact) mass is 443 g/mol. The maximum Gasteiger partial charge on any atom is 0.408 e. The molecule has 2 rings (SSSR count). The van der Waals surface area contributed by atoms with Crippen LogP contribution in [0.5, 0.6) is 0 Å². The molecule has 7 heteroatoms. The summed E-state index contributed by atoms with van der Waals surface area (Å²) in [5.74, 6) is -0.195. The van der Waals surface area contributed by atoms with Crippen molar-refractivity contribution in [3.63, 3.8) is 0 Å². The van der Waals surface area contributed by atoms with Gasteiger partial charge in [0.05, 0.1) is 17.3 Å². The minimum atomic E-state index is -0.597. The van der Waals surface area contributed by atoms with E-state index in [9.17, 15) is 9.59 Å². The van der Waals surface area contributed by atoms with Crippen LogP contribution in [-0.4, -0.2) is 29.9 Å². The molecule has 1 atom stereocenters. The number of benzene rings is 2. The predicted molar refractivity (Wildman–Crippen MR) is 125 cm³/mol. The second kappa shape index (κ2) is 11.0. The van der Waals surface area contributed by atoms with Crippen LogP contribution in [0.25, 0.3) is 0 Å². The Bertz CT molecular complexity index is 921. The van der Waals surface area contributed by atoms with Crippen molar-refractivity contribution in [1.82, 2.24) is 10.6 Å². The molecule has 2 aromatic rings. The molecule has 0 aromatic heterocycles. The van der Waals surface area contributed by atoms with Gasteiger partial charge in [-0.25, -0.2) is 4.79 Å². The first-order valence-electron chi connectivity index (χ1n) is 10.2. The average Bonchev–Trinajstić information content (AvgIpc) is 2.68. The van der Waals surface area contributed by atoms with Crippen LogP contribution in [0.3, 0.4) is 0 Å². The lowest BCUT2D eigenvalue weighted by Gasteiger charge is -2.23. The highest BCUT2D eigenvalue weighted by atomic mass is 35.5. The van der Waals surface area contributed by atoms with Crippen molar-refractivity contribution < 1.29 is 14.3 Å². The summed E-state index contributed by atoms with van der Waals surface area (Å²) in [6, 6.07) is 14.2.